The third-order valence-electron chi connectivity index (χ3n) is 3.10. The Bertz CT molecular complexity index is 536. The number of fused-ring (bicyclic) bond motifs is 1. The maximum Gasteiger partial charge on any atom is 0.123 e. The van der Waals surface area contributed by atoms with Gasteiger partial charge in [-0.3, -0.25) is 0 Å². The van der Waals surface area contributed by atoms with Gasteiger partial charge >= 0.3 is 0 Å². The highest BCUT2D eigenvalue weighted by atomic mass is 32.1. The van der Waals surface area contributed by atoms with Gasteiger partial charge in [0.05, 0.1) is 0 Å². The zero-order valence-electron chi connectivity index (χ0n) is 11.4. The molecule has 0 saturated carbocycles. The number of aryl methyl sites for hydroxylation is 2. The van der Waals surface area contributed by atoms with Crippen LogP contribution in [0.3, 0.4) is 0 Å². The van der Waals surface area contributed by atoms with Gasteiger partial charge in [0.1, 0.15) is 12.4 Å². The van der Waals surface area contributed by atoms with Crippen molar-refractivity contribution in [2.45, 2.75) is 26.2 Å². The first-order chi connectivity index (χ1) is 9.24. The smallest absolute Gasteiger partial charge is 0.123 e. The van der Waals surface area contributed by atoms with Crippen LogP contribution in [0.2, 0.25) is 0 Å². The number of thiophene rings is 1. The lowest BCUT2D eigenvalue weighted by Crippen LogP contribution is -2.11. The van der Waals surface area contributed by atoms with Crippen LogP contribution < -0.4 is 16.2 Å². The Hall–Kier alpha value is -1.10. The lowest BCUT2D eigenvalue weighted by atomic mass is 10.1. The molecule has 0 saturated heterocycles. The molecule has 104 valence electrons. The van der Waals surface area contributed by atoms with Crippen molar-refractivity contribution in [3.05, 3.63) is 28.6 Å². The van der Waals surface area contributed by atoms with Crippen LogP contribution in [0, 0.1) is 6.92 Å². The fraction of sp³-hybridized carbons (Fsp3) is 0.467. The molecule has 0 fully saturated rings. The monoisotopic (exact) mass is 278 g/mol. The largest absolute Gasteiger partial charge is 0.492 e. The Morgan fingerprint density at radius 1 is 1.11 bits per heavy atom. The second-order valence-electron chi connectivity index (χ2n) is 4.74. The Balaban J connectivity index is 2.27. The SMILES string of the molecule is Cc1cc2cc(OCCN)c(CCCCN)cc2s1. The zero-order valence-corrected chi connectivity index (χ0v) is 12.3. The molecule has 0 unspecified atom stereocenters. The summed E-state index contributed by atoms with van der Waals surface area (Å²) < 4.78 is 7.12. The second kappa shape index (κ2) is 6.89. The summed E-state index contributed by atoms with van der Waals surface area (Å²) in [6.07, 6.45) is 3.17. The molecule has 0 spiro atoms. The quantitative estimate of drug-likeness (QED) is 0.766. The topological polar surface area (TPSA) is 61.3 Å². The minimum atomic E-state index is 0.545. The highest BCUT2D eigenvalue weighted by Crippen LogP contribution is 2.32. The molecule has 0 atom stereocenters. The third kappa shape index (κ3) is 3.69. The molecule has 0 aliphatic heterocycles. The van der Waals surface area contributed by atoms with Gasteiger partial charge in [-0.1, -0.05) is 0 Å². The highest BCUT2D eigenvalue weighted by Gasteiger charge is 2.08. The summed E-state index contributed by atoms with van der Waals surface area (Å²) in [6.45, 7) is 4.00. The average Bonchev–Trinajstić information content (AvgIpc) is 2.75. The molecule has 1 aromatic carbocycles. The number of hydrogen-bond acceptors (Lipinski definition) is 4. The first kappa shape index (κ1) is 14.3. The first-order valence-electron chi connectivity index (χ1n) is 6.80. The molecule has 2 aromatic rings. The Kier molecular flexibility index (Phi) is 5.19. The van der Waals surface area contributed by atoms with Gasteiger partial charge in [-0.25, -0.2) is 0 Å². The molecule has 1 heterocycles. The summed E-state index contributed by atoms with van der Waals surface area (Å²) in [5.74, 6) is 0.979. The number of ether oxygens (including phenoxy) is 1. The van der Waals surface area contributed by atoms with Crippen molar-refractivity contribution in [2.24, 2.45) is 11.5 Å². The summed E-state index contributed by atoms with van der Waals surface area (Å²) in [7, 11) is 0. The van der Waals surface area contributed by atoms with Crippen molar-refractivity contribution >= 4 is 21.4 Å². The molecular weight excluding hydrogens is 256 g/mol. The van der Waals surface area contributed by atoms with Crippen LogP contribution in [-0.4, -0.2) is 19.7 Å². The van der Waals surface area contributed by atoms with Crippen LogP contribution in [0.25, 0.3) is 10.1 Å². The number of rotatable bonds is 7. The van der Waals surface area contributed by atoms with Crippen LogP contribution in [0.1, 0.15) is 23.3 Å². The molecule has 0 radical (unpaired) electrons. The molecule has 3 nitrogen and oxygen atoms in total. The van der Waals surface area contributed by atoms with Gasteiger partial charge in [-0.15, -0.1) is 11.3 Å². The van der Waals surface area contributed by atoms with Crippen LogP contribution >= 0.6 is 11.3 Å². The summed E-state index contributed by atoms with van der Waals surface area (Å²) in [4.78, 5) is 1.33. The molecule has 0 aliphatic rings. The molecule has 0 amide bonds. The predicted molar refractivity (Wildman–Crippen MR) is 83.1 cm³/mol. The van der Waals surface area contributed by atoms with E-state index in [4.69, 9.17) is 16.2 Å². The summed E-state index contributed by atoms with van der Waals surface area (Å²) in [6, 6.07) is 6.61. The number of benzene rings is 1. The van der Waals surface area contributed by atoms with Crippen molar-refractivity contribution in [2.75, 3.05) is 19.7 Å². The van der Waals surface area contributed by atoms with Crippen LogP contribution in [0.15, 0.2) is 18.2 Å². The maximum absolute atomic E-state index is 5.78. The zero-order chi connectivity index (χ0) is 13.7. The lowest BCUT2D eigenvalue weighted by molar-refractivity contribution is 0.325. The third-order valence-corrected chi connectivity index (χ3v) is 4.11. The van der Waals surface area contributed by atoms with Crippen molar-refractivity contribution in [1.82, 2.24) is 0 Å². The molecule has 2 rings (SSSR count). The van der Waals surface area contributed by atoms with Crippen LogP contribution in [-0.2, 0) is 6.42 Å². The standard InChI is InChI=1S/C15H22N2OS/c1-11-8-13-9-14(18-7-6-17)12(4-2-3-5-16)10-15(13)19-11/h8-10H,2-7,16-17H2,1H3. The van der Waals surface area contributed by atoms with Crippen molar-refractivity contribution in [1.29, 1.82) is 0 Å². The van der Waals surface area contributed by atoms with E-state index in [1.54, 1.807) is 0 Å². The summed E-state index contributed by atoms with van der Waals surface area (Å²) >= 11 is 1.83. The summed E-state index contributed by atoms with van der Waals surface area (Å²) in [5, 5.41) is 1.26. The number of hydrogen-bond donors (Lipinski definition) is 2. The minimum absolute atomic E-state index is 0.545. The van der Waals surface area contributed by atoms with Crippen molar-refractivity contribution in [3.63, 3.8) is 0 Å². The van der Waals surface area contributed by atoms with E-state index in [-0.39, 0.29) is 0 Å². The van der Waals surface area contributed by atoms with E-state index in [1.165, 1.54) is 20.5 Å². The fourth-order valence-corrected chi connectivity index (χ4v) is 3.17. The van der Waals surface area contributed by atoms with Gasteiger partial charge in [-0.05, 0) is 61.9 Å². The Labute approximate surface area is 118 Å². The van der Waals surface area contributed by atoms with E-state index in [9.17, 15) is 0 Å². The number of unbranched alkanes of at least 4 members (excludes halogenated alkanes) is 1. The first-order valence-corrected chi connectivity index (χ1v) is 7.62. The second-order valence-corrected chi connectivity index (χ2v) is 6.03. The van der Waals surface area contributed by atoms with Gasteiger partial charge in [0.15, 0.2) is 0 Å². The van der Waals surface area contributed by atoms with Crippen LogP contribution in [0.4, 0.5) is 0 Å². The number of nitrogens with two attached hydrogens (primary N) is 2. The van der Waals surface area contributed by atoms with Crippen molar-refractivity contribution < 1.29 is 4.74 Å². The minimum Gasteiger partial charge on any atom is -0.492 e. The van der Waals surface area contributed by atoms with Gasteiger partial charge in [0, 0.05) is 16.1 Å². The molecule has 4 heteroatoms. The molecule has 0 bridgehead atoms. The highest BCUT2D eigenvalue weighted by molar-refractivity contribution is 7.19. The van der Waals surface area contributed by atoms with Crippen LogP contribution in [0.5, 0.6) is 5.75 Å². The van der Waals surface area contributed by atoms with Gasteiger partial charge in [0.2, 0.25) is 0 Å². The Morgan fingerprint density at radius 3 is 2.68 bits per heavy atom. The van der Waals surface area contributed by atoms with E-state index in [0.29, 0.717) is 13.2 Å². The van der Waals surface area contributed by atoms with Gasteiger partial charge in [-0.2, -0.15) is 0 Å². The molecule has 19 heavy (non-hydrogen) atoms. The molecular formula is C15H22N2OS. The van der Waals surface area contributed by atoms with E-state index in [0.717, 1.165) is 31.6 Å². The Morgan fingerprint density at radius 2 is 1.95 bits per heavy atom. The maximum atomic E-state index is 5.78. The van der Waals surface area contributed by atoms with E-state index >= 15 is 0 Å². The molecule has 4 N–H and O–H groups in total. The van der Waals surface area contributed by atoms with E-state index in [2.05, 4.69) is 25.1 Å². The van der Waals surface area contributed by atoms with E-state index in [1.807, 2.05) is 11.3 Å². The normalized spacial score (nSPS) is 11.1. The average molecular weight is 278 g/mol. The summed E-state index contributed by atoms with van der Waals surface area (Å²) in [5.41, 5.74) is 12.4. The molecule has 0 aliphatic carbocycles. The molecule has 1 aromatic heterocycles. The van der Waals surface area contributed by atoms with Crippen molar-refractivity contribution in [3.8, 4) is 5.75 Å². The van der Waals surface area contributed by atoms with Gasteiger partial charge in [0.25, 0.3) is 0 Å². The lowest BCUT2D eigenvalue weighted by Gasteiger charge is -2.11. The predicted octanol–water partition coefficient (Wildman–Crippen LogP) is 2.83. The van der Waals surface area contributed by atoms with Gasteiger partial charge < -0.3 is 16.2 Å². The fourth-order valence-electron chi connectivity index (χ4n) is 2.20. The van der Waals surface area contributed by atoms with E-state index < -0.39 is 0 Å².